The number of para-hydroxylation sites is 1. The van der Waals surface area contributed by atoms with Crippen molar-refractivity contribution in [3.63, 3.8) is 0 Å². The van der Waals surface area contributed by atoms with Crippen molar-refractivity contribution in [2.75, 3.05) is 25.5 Å². The molecule has 2 N–H and O–H groups in total. The number of aryl methyl sites for hydroxylation is 1. The lowest BCUT2D eigenvalue weighted by Crippen LogP contribution is -2.34. The first-order chi connectivity index (χ1) is 7.99. The Balaban J connectivity index is 2.47. The average Bonchev–Trinajstić information content (AvgIpc) is 2.19. The maximum Gasteiger partial charge on any atom is 0.238 e. The predicted molar refractivity (Wildman–Crippen MR) is 69.0 cm³/mol. The van der Waals surface area contributed by atoms with Gasteiger partial charge in [-0.15, -0.1) is 0 Å². The number of hydrogen-bond donors (Lipinski definition) is 2. The lowest BCUT2D eigenvalue weighted by Gasteiger charge is -2.18. The van der Waals surface area contributed by atoms with Gasteiger partial charge in [-0.25, -0.2) is 0 Å². The lowest BCUT2D eigenvalue weighted by atomic mass is 10.2. The number of carbonyl (C=O) groups is 1. The Morgan fingerprint density at radius 1 is 1.47 bits per heavy atom. The van der Waals surface area contributed by atoms with Crippen molar-refractivity contribution in [2.24, 2.45) is 0 Å². The van der Waals surface area contributed by atoms with Crippen LogP contribution in [0.2, 0.25) is 0 Å². The molecule has 17 heavy (non-hydrogen) atoms. The number of amides is 1. The number of likely N-dealkylation sites (N-methyl/N-ethyl adjacent to an activating group) is 1. The highest BCUT2D eigenvalue weighted by Crippen LogP contribution is 2.12. The van der Waals surface area contributed by atoms with Gasteiger partial charge in [-0.05, 0) is 32.5 Å². The first kappa shape index (κ1) is 13.7. The van der Waals surface area contributed by atoms with Crippen LogP contribution in [0.3, 0.4) is 0 Å². The van der Waals surface area contributed by atoms with Crippen LogP contribution in [0, 0.1) is 6.92 Å². The van der Waals surface area contributed by atoms with E-state index in [2.05, 4.69) is 5.32 Å². The summed E-state index contributed by atoms with van der Waals surface area (Å²) in [7, 11) is 1.81. The average molecular weight is 236 g/mol. The van der Waals surface area contributed by atoms with E-state index in [0.29, 0.717) is 6.54 Å². The summed E-state index contributed by atoms with van der Waals surface area (Å²) in [6.45, 7) is 4.42. The van der Waals surface area contributed by atoms with Crippen molar-refractivity contribution in [1.29, 1.82) is 0 Å². The molecule has 0 spiro atoms. The Kier molecular flexibility index (Phi) is 5.12. The lowest BCUT2D eigenvalue weighted by molar-refractivity contribution is -0.117. The molecular formula is C13H20N2O2. The zero-order chi connectivity index (χ0) is 12.8. The fraction of sp³-hybridized carbons (Fsp3) is 0.462. The molecule has 1 aromatic rings. The SMILES string of the molecule is Cc1ccccc1NC(=O)CN(C)CC(C)O. The van der Waals surface area contributed by atoms with Crippen LogP contribution >= 0.6 is 0 Å². The standard InChI is InChI=1S/C13H20N2O2/c1-10-6-4-5-7-12(10)14-13(17)9-15(3)8-11(2)16/h4-7,11,16H,8-9H2,1-3H3,(H,14,17). The maximum absolute atomic E-state index is 11.7. The molecule has 0 heterocycles. The number of anilines is 1. The van der Waals surface area contributed by atoms with Gasteiger partial charge in [0.15, 0.2) is 0 Å². The molecule has 0 aliphatic rings. The first-order valence-electron chi connectivity index (χ1n) is 5.71. The highest BCUT2D eigenvalue weighted by atomic mass is 16.3. The molecule has 0 saturated carbocycles. The molecule has 0 aliphatic carbocycles. The molecule has 0 saturated heterocycles. The molecule has 0 radical (unpaired) electrons. The summed E-state index contributed by atoms with van der Waals surface area (Å²) >= 11 is 0. The number of aliphatic hydroxyl groups excluding tert-OH is 1. The highest BCUT2D eigenvalue weighted by Gasteiger charge is 2.09. The smallest absolute Gasteiger partial charge is 0.238 e. The minimum Gasteiger partial charge on any atom is -0.392 e. The first-order valence-corrected chi connectivity index (χ1v) is 5.71. The van der Waals surface area contributed by atoms with E-state index < -0.39 is 6.10 Å². The molecule has 0 fully saturated rings. The zero-order valence-corrected chi connectivity index (χ0v) is 10.6. The maximum atomic E-state index is 11.7. The fourth-order valence-corrected chi connectivity index (χ4v) is 1.66. The Morgan fingerprint density at radius 2 is 2.12 bits per heavy atom. The van der Waals surface area contributed by atoms with Crippen molar-refractivity contribution >= 4 is 11.6 Å². The van der Waals surface area contributed by atoms with Gasteiger partial charge in [0.05, 0.1) is 12.6 Å². The molecule has 4 nitrogen and oxygen atoms in total. The quantitative estimate of drug-likeness (QED) is 0.809. The number of nitrogens with one attached hydrogen (secondary N) is 1. The van der Waals surface area contributed by atoms with Crippen LogP contribution in [0.5, 0.6) is 0 Å². The zero-order valence-electron chi connectivity index (χ0n) is 10.6. The number of hydrogen-bond acceptors (Lipinski definition) is 3. The molecule has 94 valence electrons. The van der Waals surface area contributed by atoms with Gasteiger partial charge >= 0.3 is 0 Å². The van der Waals surface area contributed by atoms with Gasteiger partial charge < -0.3 is 10.4 Å². The Morgan fingerprint density at radius 3 is 2.71 bits per heavy atom. The number of aliphatic hydroxyl groups is 1. The molecule has 0 aromatic heterocycles. The second-order valence-electron chi connectivity index (χ2n) is 4.41. The van der Waals surface area contributed by atoms with Crippen LogP contribution in [-0.2, 0) is 4.79 Å². The number of benzene rings is 1. The summed E-state index contributed by atoms with van der Waals surface area (Å²) in [6.07, 6.45) is -0.425. The van der Waals surface area contributed by atoms with Gasteiger partial charge in [-0.1, -0.05) is 18.2 Å². The number of rotatable bonds is 5. The largest absolute Gasteiger partial charge is 0.392 e. The normalized spacial score (nSPS) is 12.5. The van der Waals surface area contributed by atoms with Gasteiger partial charge in [-0.2, -0.15) is 0 Å². The van der Waals surface area contributed by atoms with Gasteiger partial charge in [0.1, 0.15) is 0 Å². The Labute approximate surface area is 102 Å². The van der Waals surface area contributed by atoms with Crippen molar-refractivity contribution in [1.82, 2.24) is 4.90 Å². The molecule has 1 aromatic carbocycles. The van der Waals surface area contributed by atoms with Crippen LogP contribution in [0.4, 0.5) is 5.69 Å². The molecule has 1 unspecified atom stereocenters. The Bertz CT molecular complexity index is 377. The minimum absolute atomic E-state index is 0.0672. The summed E-state index contributed by atoms with van der Waals surface area (Å²) in [5.74, 6) is -0.0672. The third-order valence-corrected chi connectivity index (χ3v) is 2.41. The van der Waals surface area contributed by atoms with E-state index in [1.165, 1.54) is 0 Å². The van der Waals surface area contributed by atoms with E-state index in [0.717, 1.165) is 11.3 Å². The summed E-state index contributed by atoms with van der Waals surface area (Å²) in [5.41, 5.74) is 1.88. The van der Waals surface area contributed by atoms with Crippen molar-refractivity contribution in [2.45, 2.75) is 20.0 Å². The summed E-state index contributed by atoms with van der Waals surface area (Å²) in [6, 6.07) is 7.66. The van der Waals surface area contributed by atoms with E-state index in [1.54, 1.807) is 11.8 Å². The minimum atomic E-state index is -0.425. The van der Waals surface area contributed by atoms with Crippen LogP contribution in [-0.4, -0.2) is 42.2 Å². The van der Waals surface area contributed by atoms with E-state index >= 15 is 0 Å². The second-order valence-corrected chi connectivity index (χ2v) is 4.41. The van der Waals surface area contributed by atoms with Crippen molar-refractivity contribution in [3.05, 3.63) is 29.8 Å². The van der Waals surface area contributed by atoms with Crippen LogP contribution < -0.4 is 5.32 Å². The molecule has 0 aliphatic heterocycles. The van der Waals surface area contributed by atoms with Gasteiger partial charge in [0.2, 0.25) is 5.91 Å². The molecular weight excluding hydrogens is 216 g/mol. The molecule has 1 amide bonds. The third-order valence-electron chi connectivity index (χ3n) is 2.41. The molecule has 1 atom stereocenters. The summed E-state index contributed by atoms with van der Waals surface area (Å²) < 4.78 is 0. The van der Waals surface area contributed by atoms with Crippen LogP contribution in [0.25, 0.3) is 0 Å². The highest BCUT2D eigenvalue weighted by molar-refractivity contribution is 5.92. The van der Waals surface area contributed by atoms with Gasteiger partial charge in [0.25, 0.3) is 0 Å². The van der Waals surface area contributed by atoms with E-state index in [1.807, 2.05) is 38.2 Å². The summed E-state index contributed by atoms with van der Waals surface area (Å²) in [4.78, 5) is 13.5. The van der Waals surface area contributed by atoms with E-state index in [-0.39, 0.29) is 12.5 Å². The van der Waals surface area contributed by atoms with Gasteiger partial charge in [-0.3, -0.25) is 9.69 Å². The second kappa shape index (κ2) is 6.37. The van der Waals surface area contributed by atoms with E-state index in [4.69, 9.17) is 0 Å². The number of nitrogens with zero attached hydrogens (tertiary/aromatic N) is 1. The van der Waals surface area contributed by atoms with Crippen LogP contribution in [0.1, 0.15) is 12.5 Å². The van der Waals surface area contributed by atoms with Crippen molar-refractivity contribution in [3.8, 4) is 0 Å². The fourth-order valence-electron chi connectivity index (χ4n) is 1.66. The molecule has 4 heteroatoms. The van der Waals surface area contributed by atoms with Crippen molar-refractivity contribution < 1.29 is 9.90 Å². The monoisotopic (exact) mass is 236 g/mol. The van der Waals surface area contributed by atoms with E-state index in [9.17, 15) is 9.90 Å². The van der Waals surface area contributed by atoms with Crippen LogP contribution in [0.15, 0.2) is 24.3 Å². The Hall–Kier alpha value is -1.39. The summed E-state index contributed by atoms with van der Waals surface area (Å²) in [5, 5.41) is 12.0. The number of carbonyl (C=O) groups excluding carboxylic acids is 1. The van der Waals surface area contributed by atoms with Gasteiger partial charge in [0, 0.05) is 12.2 Å². The topological polar surface area (TPSA) is 52.6 Å². The third kappa shape index (κ3) is 4.97. The molecule has 1 rings (SSSR count). The predicted octanol–water partition coefficient (Wildman–Crippen LogP) is 1.25. The molecule has 0 bridgehead atoms.